The third kappa shape index (κ3) is 4.17. The maximum Gasteiger partial charge on any atom is 0.434 e. The minimum atomic E-state index is -4.72. The van der Waals surface area contributed by atoms with Gasteiger partial charge in [-0.15, -0.1) is 12.4 Å². The van der Waals surface area contributed by atoms with E-state index in [1.807, 2.05) is 13.8 Å². The minimum absolute atomic E-state index is 0. The van der Waals surface area contributed by atoms with E-state index in [0.29, 0.717) is 19.5 Å². The highest BCUT2D eigenvalue weighted by Crippen LogP contribution is 2.35. The van der Waals surface area contributed by atoms with E-state index in [1.165, 1.54) is 11.0 Å². The first-order chi connectivity index (χ1) is 12.5. The van der Waals surface area contributed by atoms with E-state index in [9.17, 15) is 18.0 Å². The molecule has 0 bridgehead atoms. The molecule has 0 saturated carbocycles. The van der Waals surface area contributed by atoms with Crippen LogP contribution in [0.5, 0.6) is 0 Å². The lowest BCUT2D eigenvalue weighted by atomic mass is 9.79. The second-order valence-electron chi connectivity index (χ2n) is 7.77. The Balaban J connectivity index is 0.00000280. The van der Waals surface area contributed by atoms with Crippen LogP contribution in [0.15, 0.2) is 30.5 Å². The summed E-state index contributed by atoms with van der Waals surface area (Å²) < 4.78 is 42.2. The van der Waals surface area contributed by atoms with E-state index >= 15 is 0 Å². The number of hydrogen-bond acceptors (Lipinski definition) is 3. The molecule has 5 nitrogen and oxygen atoms in total. The summed E-state index contributed by atoms with van der Waals surface area (Å²) >= 11 is 0. The number of carbonyl (C=O) groups is 1. The average molecular weight is 417 g/mol. The largest absolute Gasteiger partial charge is 0.434 e. The van der Waals surface area contributed by atoms with Gasteiger partial charge in [-0.3, -0.25) is 4.79 Å². The number of nitrogens with zero attached hydrogens (tertiary/aromatic N) is 3. The topological polar surface area (TPSA) is 64.2 Å². The Morgan fingerprint density at radius 3 is 2.57 bits per heavy atom. The zero-order chi connectivity index (χ0) is 20.0. The predicted molar refractivity (Wildman–Crippen MR) is 103 cm³/mol. The molecule has 0 spiro atoms. The summed E-state index contributed by atoms with van der Waals surface area (Å²) in [5, 5.41) is 3.89. The fourth-order valence-corrected chi connectivity index (χ4v) is 3.45. The van der Waals surface area contributed by atoms with Crippen LogP contribution >= 0.6 is 12.4 Å². The van der Waals surface area contributed by atoms with Crippen LogP contribution < -0.4 is 5.73 Å². The maximum atomic E-state index is 13.8. The van der Waals surface area contributed by atoms with Crippen LogP contribution in [0.3, 0.4) is 0 Å². The fourth-order valence-electron chi connectivity index (χ4n) is 3.45. The number of nitrogens with two attached hydrogens (primary N) is 1. The van der Waals surface area contributed by atoms with Crippen LogP contribution in [-0.4, -0.2) is 39.7 Å². The number of likely N-dealkylation sites (tertiary alicyclic amines) is 1. The van der Waals surface area contributed by atoms with Crippen LogP contribution in [0.25, 0.3) is 5.69 Å². The highest BCUT2D eigenvalue weighted by atomic mass is 35.5. The molecule has 1 aliphatic heterocycles. The third-order valence-electron chi connectivity index (χ3n) is 5.11. The van der Waals surface area contributed by atoms with Gasteiger partial charge in [0.2, 0.25) is 0 Å². The highest BCUT2D eigenvalue weighted by Gasteiger charge is 2.43. The van der Waals surface area contributed by atoms with Gasteiger partial charge in [-0.05, 0) is 36.5 Å². The average Bonchev–Trinajstić information content (AvgIpc) is 3.02. The number of carbonyl (C=O) groups excluding carboxylic acids is 1. The molecular weight excluding hydrogens is 393 g/mol. The number of aromatic nitrogens is 2. The van der Waals surface area contributed by atoms with Crippen molar-refractivity contribution in [3.8, 4) is 5.69 Å². The quantitative estimate of drug-likeness (QED) is 0.809. The van der Waals surface area contributed by atoms with Crippen LogP contribution in [0.4, 0.5) is 13.2 Å². The second kappa shape index (κ2) is 7.75. The van der Waals surface area contributed by atoms with Gasteiger partial charge in [-0.1, -0.05) is 26.0 Å². The Labute approximate surface area is 168 Å². The molecule has 1 amide bonds. The van der Waals surface area contributed by atoms with E-state index in [2.05, 4.69) is 5.10 Å². The van der Waals surface area contributed by atoms with Crippen molar-refractivity contribution < 1.29 is 18.0 Å². The van der Waals surface area contributed by atoms with E-state index in [-0.39, 0.29) is 29.6 Å². The van der Waals surface area contributed by atoms with Gasteiger partial charge >= 0.3 is 6.18 Å². The summed E-state index contributed by atoms with van der Waals surface area (Å²) in [4.78, 5) is 14.3. The minimum Gasteiger partial charge on any atom is -0.338 e. The molecule has 1 saturated heterocycles. The smallest absolute Gasteiger partial charge is 0.338 e. The molecule has 0 aliphatic carbocycles. The van der Waals surface area contributed by atoms with Crippen LogP contribution in [0.2, 0.25) is 0 Å². The Hall–Kier alpha value is -2.06. The monoisotopic (exact) mass is 416 g/mol. The molecule has 1 aliphatic rings. The lowest BCUT2D eigenvalue weighted by Crippen LogP contribution is -2.54. The number of amides is 1. The zero-order valence-electron chi connectivity index (χ0n) is 16.0. The summed E-state index contributed by atoms with van der Waals surface area (Å²) in [5.74, 6) is -0.666. The van der Waals surface area contributed by atoms with Crippen LogP contribution in [-0.2, 0) is 6.18 Å². The number of aryl methyl sites for hydroxylation is 1. The van der Waals surface area contributed by atoms with Crippen molar-refractivity contribution in [2.24, 2.45) is 11.1 Å². The van der Waals surface area contributed by atoms with Gasteiger partial charge < -0.3 is 10.6 Å². The van der Waals surface area contributed by atoms with Crippen molar-refractivity contribution in [2.75, 3.05) is 13.1 Å². The van der Waals surface area contributed by atoms with Gasteiger partial charge in [0.15, 0.2) is 5.69 Å². The Bertz CT molecular complexity index is 863. The van der Waals surface area contributed by atoms with Crippen LogP contribution in [0.1, 0.15) is 41.9 Å². The van der Waals surface area contributed by atoms with Gasteiger partial charge in [0.1, 0.15) is 0 Å². The predicted octanol–water partition coefficient (Wildman–Crippen LogP) is 3.82. The van der Waals surface area contributed by atoms with E-state index < -0.39 is 23.3 Å². The van der Waals surface area contributed by atoms with Crippen molar-refractivity contribution in [1.82, 2.24) is 14.7 Å². The molecule has 1 atom stereocenters. The first-order valence-corrected chi connectivity index (χ1v) is 8.78. The summed E-state index contributed by atoms with van der Waals surface area (Å²) in [6, 6.07) is 6.47. The van der Waals surface area contributed by atoms with E-state index in [1.54, 1.807) is 25.1 Å². The number of hydrogen-bond donors (Lipinski definition) is 1. The molecule has 1 aromatic heterocycles. The van der Waals surface area contributed by atoms with Gasteiger partial charge in [-0.2, -0.15) is 18.3 Å². The van der Waals surface area contributed by atoms with Crippen molar-refractivity contribution in [2.45, 2.75) is 39.4 Å². The van der Waals surface area contributed by atoms with Gasteiger partial charge in [-0.25, -0.2) is 4.68 Å². The van der Waals surface area contributed by atoms with Gasteiger partial charge in [0.05, 0.1) is 17.4 Å². The molecule has 2 aromatic rings. The summed E-state index contributed by atoms with van der Waals surface area (Å²) in [6.45, 7) is 6.25. The van der Waals surface area contributed by atoms with E-state index in [4.69, 9.17) is 5.73 Å². The Kier molecular flexibility index (Phi) is 6.16. The van der Waals surface area contributed by atoms with Crippen molar-refractivity contribution in [1.29, 1.82) is 0 Å². The van der Waals surface area contributed by atoms with E-state index in [0.717, 1.165) is 16.4 Å². The van der Waals surface area contributed by atoms with Crippen molar-refractivity contribution in [3.05, 3.63) is 47.3 Å². The molecule has 154 valence electrons. The number of benzene rings is 1. The highest BCUT2D eigenvalue weighted by molar-refractivity contribution is 5.95. The lowest BCUT2D eigenvalue weighted by molar-refractivity contribution is -0.143. The number of rotatable bonds is 2. The molecule has 3 rings (SSSR count). The molecule has 1 unspecified atom stereocenters. The molecule has 1 aromatic carbocycles. The molecule has 28 heavy (non-hydrogen) atoms. The number of halogens is 4. The first-order valence-electron chi connectivity index (χ1n) is 8.78. The number of piperidine rings is 1. The Morgan fingerprint density at radius 2 is 2.00 bits per heavy atom. The summed E-state index contributed by atoms with van der Waals surface area (Å²) in [6.07, 6.45) is -3.16. The molecule has 2 N–H and O–H groups in total. The molecule has 9 heteroatoms. The molecule has 0 radical (unpaired) electrons. The summed E-state index contributed by atoms with van der Waals surface area (Å²) in [5.41, 5.74) is 5.29. The molecule has 2 heterocycles. The van der Waals surface area contributed by atoms with Crippen molar-refractivity contribution >= 4 is 18.3 Å². The number of alkyl halides is 3. The second-order valence-corrected chi connectivity index (χ2v) is 7.77. The summed E-state index contributed by atoms with van der Waals surface area (Å²) in [7, 11) is 0. The Morgan fingerprint density at radius 1 is 1.32 bits per heavy atom. The maximum absolute atomic E-state index is 13.8. The lowest BCUT2D eigenvalue weighted by Gasteiger charge is -2.42. The third-order valence-corrected chi connectivity index (χ3v) is 5.11. The van der Waals surface area contributed by atoms with Crippen LogP contribution in [0, 0.1) is 12.3 Å². The fraction of sp³-hybridized carbons (Fsp3) is 0.474. The standard InChI is InChI=1S/C19H23F3N4O.ClH/c1-12-5-4-6-13(9-12)26-16(19(20,21)22)14(10-24-26)17(27)25-8-7-15(23)18(2,3)11-25;/h4-6,9-10,15H,7-8,11,23H2,1-3H3;1H. The SMILES string of the molecule is Cc1cccc(-n2ncc(C(=O)N3CCC(N)C(C)(C)C3)c2C(F)(F)F)c1.Cl. The normalized spacial score (nSPS) is 19.2. The van der Waals surface area contributed by atoms with Crippen molar-refractivity contribution in [3.63, 3.8) is 0 Å². The van der Waals surface area contributed by atoms with Gasteiger partial charge in [0.25, 0.3) is 5.91 Å². The molecular formula is C19H24ClF3N4O. The molecule has 1 fully saturated rings. The zero-order valence-corrected chi connectivity index (χ0v) is 16.8. The van der Waals surface area contributed by atoms with Gasteiger partial charge in [0, 0.05) is 19.1 Å². The first kappa shape index (κ1) is 22.2.